The van der Waals surface area contributed by atoms with Crippen molar-refractivity contribution in [3.63, 3.8) is 0 Å². The molecule has 2 aliphatic carbocycles. The summed E-state index contributed by atoms with van der Waals surface area (Å²) in [5.74, 6) is 1.51. The van der Waals surface area contributed by atoms with Gasteiger partial charge >= 0.3 is 0 Å². The minimum absolute atomic E-state index is 0.159. The molecule has 0 saturated heterocycles. The lowest BCUT2D eigenvalue weighted by Gasteiger charge is -2.40. The molecule has 0 bridgehead atoms. The van der Waals surface area contributed by atoms with E-state index in [1.165, 1.54) is 32.1 Å². The van der Waals surface area contributed by atoms with Crippen LogP contribution >= 0.6 is 0 Å². The molecule has 0 aromatic carbocycles. The molecule has 0 amide bonds. The third-order valence-electron chi connectivity index (χ3n) is 5.31. The van der Waals surface area contributed by atoms with Crippen LogP contribution in [-0.4, -0.2) is 29.0 Å². The molecule has 2 saturated carbocycles. The van der Waals surface area contributed by atoms with E-state index in [4.69, 9.17) is 5.73 Å². The minimum atomic E-state index is -0.301. The van der Waals surface area contributed by atoms with Gasteiger partial charge in [0.2, 0.25) is 0 Å². The summed E-state index contributed by atoms with van der Waals surface area (Å²) in [6, 6.07) is 0. The van der Waals surface area contributed by atoms with Crippen LogP contribution in [0.5, 0.6) is 0 Å². The fourth-order valence-electron chi connectivity index (χ4n) is 4.39. The largest absolute Gasteiger partial charge is 0.396 e. The minimum Gasteiger partial charge on any atom is -0.396 e. The quantitative estimate of drug-likeness (QED) is 0.702. The average Bonchev–Trinajstić information content (AvgIpc) is 2.60. The Morgan fingerprint density at radius 3 is 2.29 bits per heavy atom. The molecule has 0 aromatic rings. The van der Waals surface area contributed by atoms with Gasteiger partial charge in [-0.15, -0.1) is 0 Å². The SMILES string of the molecule is C[C@@]1(N)[C@H](CO)C[C@H](CO)[C@H]1C1CCCCC1. The highest BCUT2D eigenvalue weighted by atomic mass is 16.3. The van der Waals surface area contributed by atoms with E-state index in [1.54, 1.807) is 0 Å². The van der Waals surface area contributed by atoms with E-state index in [0.29, 0.717) is 17.8 Å². The Kier molecular flexibility index (Phi) is 4.11. The van der Waals surface area contributed by atoms with Crippen LogP contribution in [-0.2, 0) is 0 Å². The van der Waals surface area contributed by atoms with E-state index in [-0.39, 0.29) is 24.7 Å². The van der Waals surface area contributed by atoms with E-state index in [9.17, 15) is 10.2 Å². The molecule has 0 aromatic heterocycles. The monoisotopic (exact) mass is 241 g/mol. The Bertz CT molecular complexity index is 249. The Hall–Kier alpha value is -0.120. The number of rotatable bonds is 3. The summed E-state index contributed by atoms with van der Waals surface area (Å²) in [5, 5.41) is 19.0. The van der Waals surface area contributed by atoms with Crippen LogP contribution < -0.4 is 5.73 Å². The molecule has 0 unspecified atom stereocenters. The van der Waals surface area contributed by atoms with Crippen molar-refractivity contribution in [2.24, 2.45) is 29.4 Å². The Morgan fingerprint density at radius 1 is 1.12 bits per heavy atom. The lowest BCUT2D eigenvalue weighted by molar-refractivity contribution is 0.0907. The summed E-state index contributed by atoms with van der Waals surface area (Å²) >= 11 is 0. The first-order valence-electron chi connectivity index (χ1n) is 7.11. The van der Waals surface area contributed by atoms with Crippen LogP contribution in [0.25, 0.3) is 0 Å². The summed E-state index contributed by atoms with van der Waals surface area (Å²) < 4.78 is 0. The summed E-state index contributed by atoms with van der Waals surface area (Å²) in [4.78, 5) is 0. The van der Waals surface area contributed by atoms with Crippen molar-refractivity contribution >= 4 is 0 Å². The van der Waals surface area contributed by atoms with Gasteiger partial charge in [-0.3, -0.25) is 0 Å². The second kappa shape index (κ2) is 5.25. The van der Waals surface area contributed by atoms with Gasteiger partial charge in [0.1, 0.15) is 0 Å². The molecule has 2 fully saturated rings. The molecule has 0 heterocycles. The lowest BCUT2D eigenvalue weighted by Crippen LogP contribution is -2.51. The fourth-order valence-corrected chi connectivity index (χ4v) is 4.39. The highest BCUT2D eigenvalue weighted by molar-refractivity contribution is 5.05. The number of aliphatic hydroxyl groups excluding tert-OH is 2. The third-order valence-corrected chi connectivity index (χ3v) is 5.31. The molecule has 0 spiro atoms. The number of nitrogens with two attached hydrogens (primary N) is 1. The van der Waals surface area contributed by atoms with Crippen molar-refractivity contribution < 1.29 is 10.2 Å². The first kappa shape index (κ1) is 13.3. The van der Waals surface area contributed by atoms with Gasteiger partial charge in [0.05, 0.1) is 0 Å². The maximum atomic E-state index is 9.58. The molecule has 3 heteroatoms. The molecule has 2 rings (SSSR count). The second-order valence-corrected chi connectivity index (χ2v) is 6.35. The Balaban J connectivity index is 2.15. The van der Waals surface area contributed by atoms with Crippen LogP contribution in [0.15, 0.2) is 0 Å². The van der Waals surface area contributed by atoms with Gasteiger partial charge in [-0.2, -0.15) is 0 Å². The van der Waals surface area contributed by atoms with E-state index in [0.717, 1.165) is 6.42 Å². The molecule has 17 heavy (non-hydrogen) atoms. The van der Waals surface area contributed by atoms with Gasteiger partial charge in [-0.05, 0) is 31.1 Å². The normalized spacial score (nSPS) is 44.1. The number of aliphatic hydroxyl groups is 2. The zero-order valence-corrected chi connectivity index (χ0v) is 10.9. The van der Waals surface area contributed by atoms with Gasteiger partial charge in [-0.1, -0.05) is 32.1 Å². The molecule has 0 aliphatic heterocycles. The standard InChI is InChI=1S/C14H27NO2/c1-14(15)12(9-17)7-11(8-16)13(14)10-5-3-2-4-6-10/h10-13,16-17H,2-9,15H2,1H3/t11-,12+,13-,14-/m1/s1. The van der Waals surface area contributed by atoms with Gasteiger partial charge < -0.3 is 15.9 Å². The summed E-state index contributed by atoms with van der Waals surface area (Å²) in [6.45, 7) is 2.47. The van der Waals surface area contributed by atoms with Crippen LogP contribution in [0.3, 0.4) is 0 Å². The number of hydrogen-bond donors (Lipinski definition) is 3. The fraction of sp³-hybridized carbons (Fsp3) is 1.00. The predicted octanol–water partition coefficient (Wildman–Crippen LogP) is 1.52. The van der Waals surface area contributed by atoms with Crippen molar-refractivity contribution in [1.29, 1.82) is 0 Å². The molecule has 4 N–H and O–H groups in total. The smallest absolute Gasteiger partial charge is 0.0476 e. The van der Waals surface area contributed by atoms with Gasteiger partial charge in [0, 0.05) is 24.7 Å². The Labute approximate surface area is 104 Å². The zero-order chi connectivity index (χ0) is 12.5. The first-order valence-corrected chi connectivity index (χ1v) is 7.11. The molecule has 0 radical (unpaired) electrons. The van der Waals surface area contributed by atoms with E-state index in [1.807, 2.05) is 0 Å². The first-order chi connectivity index (χ1) is 8.11. The zero-order valence-electron chi connectivity index (χ0n) is 10.9. The van der Waals surface area contributed by atoms with Crippen molar-refractivity contribution in [2.75, 3.05) is 13.2 Å². The van der Waals surface area contributed by atoms with E-state index < -0.39 is 0 Å². The summed E-state index contributed by atoms with van der Waals surface area (Å²) in [6.07, 6.45) is 7.36. The maximum absolute atomic E-state index is 9.58. The van der Waals surface area contributed by atoms with Crippen molar-refractivity contribution in [3.05, 3.63) is 0 Å². The van der Waals surface area contributed by atoms with Crippen molar-refractivity contribution in [3.8, 4) is 0 Å². The van der Waals surface area contributed by atoms with Crippen molar-refractivity contribution in [2.45, 2.75) is 51.0 Å². The van der Waals surface area contributed by atoms with Crippen LogP contribution in [0, 0.1) is 23.7 Å². The van der Waals surface area contributed by atoms with Crippen LogP contribution in [0.1, 0.15) is 45.4 Å². The maximum Gasteiger partial charge on any atom is 0.0476 e. The van der Waals surface area contributed by atoms with Crippen LogP contribution in [0.4, 0.5) is 0 Å². The molecule has 2 aliphatic rings. The molecule has 100 valence electrons. The van der Waals surface area contributed by atoms with Crippen molar-refractivity contribution in [1.82, 2.24) is 0 Å². The summed E-state index contributed by atoms with van der Waals surface area (Å²) in [7, 11) is 0. The highest BCUT2D eigenvalue weighted by Gasteiger charge is 2.51. The summed E-state index contributed by atoms with van der Waals surface area (Å²) in [5.41, 5.74) is 6.20. The molecular weight excluding hydrogens is 214 g/mol. The Morgan fingerprint density at radius 2 is 1.76 bits per heavy atom. The highest BCUT2D eigenvalue weighted by Crippen LogP contribution is 2.49. The van der Waals surface area contributed by atoms with E-state index >= 15 is 0 Å². The van der Waals surface area contributed by atoms with Gasteiger partial charge in [0.25, 0.3) is 0 Å². The topological polar surface area (TPSA) is 66.5 Å². The van der Waals surface area contributed by atoms with Crippen LogP contribution in [0.2, 0.25) is 0 Å². The third kappa shape index (κ3) is 2.38. The number of hydrogen-bond acceptors (Lipinski definition) is 3. The molecule has 3 nitrogen and oxygen atoms in total. The molecular formula is C14H27NO2. The average molecular weight is 241 g/mol. The van der Waals surface area contributed by atoms with Gasteiger partial charge in [-0.25, -0.2) is 0 Å². The second-order valence-electron chi connectivity index (χ2n) is 6.35. The van der Waals surface area contributed by atoms with E-state index in [2.05, 4.69) is 6.92 Å². The predicted molar refractivity (Wildman–Crippen MR) is 68.4 cm³/mol. The molecule has 4 atom stereocenters. The lowest BCUT2D eigenvalue weighted by atomic mass is 9.69. The van der Waals surface area contributed by atoms with Gasteiger partial charge in [0.15, 0.2) is 0 Å².